The summed E-state index contributed by atoms with van der Waals surface area (Å²) in [5, 5.41) is 25.1. The number of ketones is 3. The number of aliphatic hydroxyl groups excluding tert-OH is 3. The standard InChI is InChI=1S/3C5H8O2.Lu.H2O/c3*1-4(6)3-5(2)7;;/h3*3,6H,1-2H3;;1H2. The predicted octanol–water partition coefficient (Wildman–Crippen LogP) is 2.29. The second-order valence-corrected chi connectivity index (χ2v) is 4.19. The second kappa shape index (κ2) is 20.8. The van der Waals surface area contributed by atoms with E-state index in [9.17, 15) is 14.4 Å². The number of hydrogen-bond acceptors (Lipinski definition) is 6. The Morgan fingerprint density at radius 2 is 0.696 bits per heavy atom. The van der Waals surface area contributed by atoms with Gasteiger partial charge in [0.25, 0.3) is 0 Å². The van der Waals surface area contributed by atoms with Crippen LogP contribution >= 0.6 is 0 Å². The zero-order valence-corrected chi connectivity index (χ0v) is 15.7. The first-order valence-electron chi connectivity index (χ1n) is 6.02. The summed E-state index contributed by atoms with van der Waals surface area (Å²) in [6.07, 6.45) is 3.50. The number of carbonyl (C=O) groups excluding carboxylic acids is 3. The van der Waals surface area contributed by atoms with Crippen LogP contribution in [0.1, 0.15) is 41.5 Å². The predicted molar refractivity (Wildman–Crippen MR) is 84.8 cm³/mol. The summed E-state index contributed by atoms with van der Waals surface area (Å²) in [5.74, 6) is -0.187. The van der Waals surface area contributed by atoms with Gasteiger partial charge in [0.2, 0.25) is 0 Å². The SMILES string of the molecule is CC(=O)C=C(C)O.CC(=O)C=C(C)O.CC(=O)C=C(C)O.O.[Lu]. The van der Waals surface area contributed by atoms with Crippen LogP contribution < -0.4 is 0 Å². The molecule has 0 aliphatic carbocycles. The van der Waals surface area contributed by atoms with E-state index in [1.165, 1.54) is 59.8 Å². The molecule has 7 nitrogen and oxygen atoms in total. The largest absolute Gasteiger partial charge is 0.512 e. The normalized spacial score (nSPS) is 10.4. The van der Waals surface area contributed by atoms with E-state index in [-0.39, 0.29) is 77.0 Å². The zero-order valence-electron chi connectivity index (χ0n) is 14.1. The Bertz CT molecular complexity index is 370. The first kappa shape index (κ1) is 33.4. The van der Waals surface area contributed by atoms with Gasteiger partial charge in [-0.25, -0.2) is 0 Å². The quantitative estimate of drug-likeness (QED) is 0.407. The van der Waals surface area contributed by atoms with Gasteiger partial charge in [-0.1, -0.05) is 0 Å². The summed E-state index contributed by atoms with van der Waals surface area (Å²) in [6, 6.07) is 0. The van der Waals surface area contributed by atoms with Crippen molar-refractivity contribution in [3.63, 3.8) is 0 Å². The van der Waals surface area contributed by atoms with Crippen molar-refractivity contribution in [2.45, 2.75) is 41.5 Å². The first-order chi connectivity index (χ1) is 9.38. The molecule has 5 N–H and O–H groups in total. The molecule has 0 aliphatic heterocycles. The van der Waals surface area contributed by atoms with Gasteiger partial charge in [-0.15, -0.1) is 0 Å². The second-order valence-electron chi connectivity index (χ2n) is 4.19. The molecule has 0 heterocycles. The molecule has 0 saturated heterocycles. The number of aliphatic hydroxyl groups is 3. The molecule has 0 amide bonds. The Morgan fingerprint density at radius 3 is 0.696 bits per heavy atom. The Labute approximate surface area is 165 Å². The Hall–Kier alpha value is -1.18. The fourth-order valence-corrected chi connectivity index (χ4v) is 0.882. The maximum absolute atomic E-state index is 10.0. The van der Waals surface area contributed by atoms with Crippen molar-refractivity contribution < 1.29 is 72.1 Å². The molecule has 0 atom stereocenters. The van der Waals surface area contributed by atoms with E-state index in [0.717, 1.165) is 0 Å². The number of hydrogen-bond donors (Lipinski definition) is 3. The van der Waals surface area contributed by atoms with Crippen molar-refractivity contribution >= 4 is 17.3 Å². The van der Waals surface area contributed by atoms with E-state index in [4.69, 9.17) is 15.3 Å². The summed E-state index contributed by atoms with van der Waals surface area (Å²) in [4.78, 5) is 30.1. The van der Waals surface area contributed by atoms with Crippen LogP contribution in [0.3, 0.4) is 0 Å². The van der Waals surface area contributed by atoms with Crippen molar-refractivity contribution in [2.24, 2.45) is 0 Å². The third-order valence-electron chi connectivity index (χ3n) is 1.24. The summed E-state index contributed by atoms with van der Waals surface area (Å²) in [6.45, 7) is 8.54. The average Bonchev–Trinajstić information content (AvgIpc) is 2.10. The third-order valence-corrected chi connectivity index (χ3v) is 1.24. The monoisotopic (exact) mass is 493 g/mol. The van der Waals surface area contributed by atoms with Crippen molar-refractivity contribution in [1.82, 2.24) is 0 Å². The van der Waals surface area contributed by atoms with Gasteiger partial charge in [0, 0.05) is 55.1 Å². The smallest absolute Gasteiger partial charge is 0.155 e. The molecule has 0 aromatic carbocycles. The Balaban J connectivity index is -0.0000000675. The molecule has 0 rings (SSSR count). The van der Waals surface area contributed by atoms with Gasteiger partial charge < -0.3 is 20.8 Å². The van der Waals surface area contributed by atoms with Crippen molar-refractivity contribution in [3.8, 4) is 0 Å². The van der Waals surface area contributed by atoms with Crippen LogP contribution in [0.5, 0.6) is 0 Å². The minimum absolute atomic E-state index is 0. The van der Waals surface area contributed by atoms with E-state index < -0.39 is 0 Å². The molecule has 23 heavy (non-hydrogen) atoms. The molecular formula is C15H26LuO7. The molecule has 0 spiro atoms. The van der Waals surface area contributed by atoms with Gasteiger partial charge in [-0.05, 0) is 41.5 Å². The molecule has 0 saturated carbocycles. The molecule has 0 aliphatic rings. The van der Waals surface area contributed by atoms with Crippen molar-refractivity contribution in [3.05, 3.63) is 35.5 Å². The molecule has 0 fully saturated rings. The van der Waals surface area contributed by atoms with Gasteiger partial charge in [0.05, 0.1) is 17.3 Å². The van der Waals surface area contributed by atoms with Gasteiger partial charge in [0.1, 0.15) is 0 Å². The van der Waals surface area contributed by atoms with Crippen LogP contribution in [0.15, 0.2) is 35.5 Å². The minimum atomic E-state index is -0.125. The van der Waals surface area contributed by atoms with Crippen molar-refractivity contribution in [1.29, 1.82) is 0 Å². The van der Waals surface area contributed by atoms with Gasteiger partial charge in [-0.2, -0.15) is 0 Å². The van der Waals surface area contributed by atoms with E-state index in [1.807, 2.05) is 0 Å². The van der Waals surface area contributed by atoms with Gasteiger partial charge in [-0.3, -0.25) is 14.4 Å². The van der Waals surface area contributed by atoms with E-state index in [2.05, 4.69) is 0 Å². The fourth-order valence-electron chi connectivity index (χ4n) is 0.882. The molecule has 0 bridgehead atoms. The Morgan fingerprint density at radius 1 is 0.565 bits per heavy atom. The molecule has 0 aromatic heterocycles. The van der Waals surface area contributed by atoms with Crippen LogP contribution in [-0.2, 0) is 14.4 Å². The third kappa shape index (κ3) is 63.0. The number of allylic oxidation sites excluding steroid dienone is 6. The summed E-state index contributed by atoms with van der Waals surface area (Å²) in [7, 11) is 0. The first-order valence-corrected chi connectivity index (χ1v) is 6.02. The summed E-state index contributed by atoms with van der Waals surface area (Å²) < 4.78 is 0. The number of carbonyl (C=O) groups is 3. The summed E-state index contributed by atoms with van der Waals surface area (Å²) in [5.41, 5.74) is 0. The Kier molecular flexibility index (Phi) is 30.3. The van der Waals surface area contributed by atoms with Crippen LogP contribution in [-0.4, -0.2) is 38.1 Å². The van der Waals surface area contributed by atoms with E-state index in [1.54, 1.807) is 0 Å². The maximum atomic E-state index is 10.0. The van der Waals surface area contributed by atoms with Crippen LogP contribution in [0, 0.1) is 36.9 Å². The summed E-state index contributed by atoms with van der Waals surface area (Å²) >= 11 is 0. The van der Waals surface area contributed by atoms with Crippen LogP contribution in [0.4, 0.5) is 0 Å². The van der Waals surface area contributed by atoms with E-state index >= 15 is 0 Å². The fraction of sp³-hybridized carbons (Fsp3) is 0.400. The topological polar surface area (TPSA) is 143 Å². The zero-order chi connectivity index (χ0) is 17.6. The van der Waals surface area contributed by atoms with Crippen LogP contribution in [0.2, 0.25) is 0 Å². The average molecular weight is 493 g/mol. The van der Waals surface area contributed by atoms with Gasteiger partial charge in [0.15, 0.2) is 17.3 Å². The molecule has 0 aromatic rings. The molecule has 143 valence electrons. The molecular weight excluding hydrogens is 467 g/mol. The van der Waals surface area contributed by atoms with E-state index in [0.29, 0.717) is 0 Å². The minimum Gasteiger partial charge on any atom is -0.512 e. The molecule has 0 unspecified atom stereocenters. The number of rotatable bonds is 3. The van der Waals surface area contributed by atoms with Crippen molar-refractivity contribution in [2.75, 3.05) is 0 Å². The van der Waals surface area contributed by atoms with Gasteiger partial charge >= 0.3 is 0 Å². The molecule has 8 heteroatoms. The maximum Gasteiger partial charge on any atom is 0.155 e. The van der Waals surface area contributed by atoms with Crippen LogP contribution in [0.25, 0.3) is 0 Å². The molecule has 1 radical (unpaired) electrons.